The summed E-state index contributed by atoms with van der Waals surface area (Å²) in [4.78, 5) is 27.7. The first kappa shape index (κ1) is 22.4. The number of likely N-dealkylation sites (tertiary alicyclic amines) is 1. The quantitative estimate of drug-likeness (QED) is 0.685. The summed E-state index contributed by atoms with van der Waals surface area (Å²) in [6.07, 6.45) is -1.13. The number of nitrogens with zero attached hydrogens (tertiary/aromatic N) is 5. The van der Waals surface area contributed by atoms with Crippen molar-refractivity contribution in [2.75, 3.05) is 19.6 Å². The van der Waals surface area contributed by atoms with Crippen molar-refractivity contribution >= 4 is 11.8 Å². The lowest BCUT2D eigenvalue weighted by Crippen LogP contribution is -2.53. The Labute approximate surface area is 180 Å². The third-order valence-electron chi connectivity index (χ3n) is 5.11. The highest BCUT2D eigenvalue weighted by molar-refractivity contribution is 5.93. The van der Waals surface area contributed by atoms with E-state index in [-0.39, 0.29) is 43.6 Å². The van der Waals surface area contributed by atoms with E-state index in [4.69, 9.17) is 5.26 Å². The van der Waals surface area contributed by atoms with Crippen LogP contribution in [0.5, 0.6) is 0 Å². The zero-order valence-corrected chi connectivity index (χ0v) is 17.8. The monoisotopic (exact) mass is 427 g/mol. The second-order valence-electron chi connectivity index (χ2n) is 8.20. The van der Waals surface area contributed by atoms with Crippen molar-refractivity contribution in [2.45, 2.75) is 44.9 Å². The largest absolute Gasteiger partial charge is 0.349 e. The van der Waals surface area contributed by atoms with Crippen molar-refractivity contribution in [1.29, 1.82) is 5.26 Å². The van der Waals surface area contributed by atoms with E-state index in [0.29, 0.717) is 5.69 Å². The molecule has 31 heavy (non-hydrogen) atoms. The minimum Gasteiger partial charge on any atom is -0.349 e. The predicted octanol–water partition coefficient (Wildman–Crippen LogP) is 1.14. The van der Waals surface area contributed by atoms with Crippen LogP contribution in [0, 0.1) is 18.3 Å². The number of alkyl halides is 1. The Hall–Kier alpha value is -3.32. The van der Waals surface area contributed by atoms with Crippen LogP contribution in [-0.4, -0.2) is 69.1 Å². The molecule has 1 fully saturated rings. The summed E-state index contributed by atoms with van der Waals surface area (Å²) in [6.45, 7) is 5.48. The molecule has 0 bridgehead atoms. The third-order valence-corrected chi connectivity index (χ3v) is 5.11. The molecule has 1 aromatic carbocycles. The molecule has 3 rings (SSSR count). The van der Waals surface area contributed by atoms with Gasteiger partial charge >= 0.3 is 0 Å². The fraction of sp³-hybridized carbons (Fsp3) is 0.476. The topological polar surface area (TPSA) is 116 Å². The molecule has 1 saturated heterocycles. The molecule has 0 unspecified atom stereocenters. The first-order valence-electron chi connectivity index (χ1n) is 10.1. The second-order valence-corrected chi connectivity index (χ2v) is 8.20. The molecule has 0 radical (unpaired) electrons. The van der Waals surface area contributed by atoms with Crippen LogP contribution in [0.2, 0.25) is 0 Å². The number of aryl methyl sites for hydroxylation is 1. The normalized spacial score (nSPS) is 18.6. The Balaban J connectivity index is 1.54. The molecule has 1 aliphatic heterocycles. The fourth-order valence-electron chi connectivity index (χ4n) is 3.31. The highest BCUT2D eigenvalue weighted by atomic mass is 19.1. The maximum Gasteiger partial charge on any atom is 0.273 e. The number of rotatable bonds is 7. The van der Waals surface area contributed by atoms with Gasteiger partial charge in [0, 0.05) is 18.5 Å². The Kier molecular flexibility index (Phi) is 6.65. The zero-order chi connectivity index (χ0) is 22.6. The van der Waals surface area contributed by atoms with Gasteiger partial charge < -0.3 is 15.5 Å². The number of para-hydroxylation sites is 1. The SMILES string of the molecule is Cc1nn(-c2ccccc2)nc1C(=O)NCC(C)(C)NCC(=O)N1C[C@@H](F)C[C@H]1C#N. The number of benzene rings is 1. The molecule has 1 aromatic heterocycles. The van der Waals surface area contributed by atoms with Crippen LogP contribution in [0.3, 0.4) is 0 Å². The number of hydrogen-bond donors (Lipinski definition) is 2. The molecule has 0 saturated carbocycles. The van der Waals surface area contributed by atoms with Crippen LogP contribution in [0.25, 0.3) is 5.69 Å². The summed E-state index contributed by atoms with van der Waals surface area (Å²) in [6, 6.07) is 10.5. The minimum atomic E-state index is -1.17. The number of halogens is 1. The molecule has 2 amide bonds. The Bertz CT molecular complexity index is 983. The number of nitrogens with one attached hydrogen (secondary N) is 2. The highest BCUT2D eigenvalue weighted by Crippen LogP contribution is 2.19. The van der Waals surface area contributed by atoms with E-state index in [1.807, 2.05) is 50.2 Å². The van der Waals surface area contributed by atoms with Gasteiger partial charge in [0.15, 0.2) is 5.69 Å². The van der Waals surface area contributed by atoms with Gasteiger partial charge in [0.2, 0.25) is 5.91 Å². The van der Waals surface area contributed by atoms with Gasteiger partial charge in [-0.15, -0.1) is 5.10 Å². The van der Waals surface area contributed by atoms with Crippen molar-refractivity contribution in [3.63, 3.8) is 0 Å². The van der Waals surface area contributed by atoms with Gasteiger partial charge in [0.25, 0.3) is 5.91 Å². The van der Waals surface area contributed by atoms with Gasteiger partial charge in [-0.3, -0.25) is 9.59 Å². The third kappa shape index (κ3) is 5.44. The molecule has 2 heterocycles. The summed E-state index contributed by atoms with van der Waals surface area (Å²) in [5.74, 6) is -0.710. The van der Waals surface area contributed by atoms with Crippen LogP contribution in [-0.2, 0) is 4.79 Å². The fourth-order valence-corrected chi connectivity index (χ4v) is 3.31. The Morgan fingerprint density at radius 2 is 2.00 bits per heavy atom. The molecule has 0 spiro atoms. The van der Waals surface area contributed by atoms with Crippen molar-refractivity contribution in [1.82, 2.24) is 30.5 Å². The summed E-state index contributed by atoms with van der Waals surface area (Å²) in [7, 11) is 0. The molecule has 10 heteroatoms. The van der Waals surface area contributed by atoms with Crippen LogP contribution < -0.4 is 10.6 Å². The van der Waals surface area contributed by atoms with Crippen LogP contribution in [0.4, 0.5) is 4.39 Å². The summed E-state index contributed by atoms with van der Waals surface area (Å²) in [5.41, 5.74) is 0.850. The van der Waals surface area contributed by atoms with Gasteiger partial charge in [0.1, 0.15) is 12.2 Å². The molecular weight excluding hydrogens is 401 g/mol. The summed E-state index contributed by atoms with van der Waals surface area (Å²) in [5, 5.41) is 23.5. The number of amides is 2. The van der Waals surface area contributed by atoms with Crippen molar-refractivity contribution in [3.8, 4) is 11.8 Å². The molecule has 2 aromatic rings. The number of carbonyl (C=O) groups excluding carboxylic acids is 2. The molecule has 2 atom stereocenters. The first-order chi connectivity index (χ1) is 14.7. The van der Waals surface area contributed by atoms with Gasteiger partial charge in [0.05, 0.1) is 30.5 Å². The van der Waals surface area contributed by atoms with E-state index >= 15 is 0 Å². The van der Waals surface area contributed by atoms with Crippen LogP contribution in [0.15, 0.2) is 30.3 Å². The average molecular weight is 427 g/mol. The van der Waals surface area contributed by atoms with Crippen molar-refractivity contribution in [3.05, 3.63) is 41.7 Å². The maximum atomic E-state index is 13.5. The first-order valence-corrected chi connectivity index (χ1v) is 10.1. The van der Waals surface area contributed by atoms with Crippen LogP contribution >= 0.6 is 0 Å². The maximum absolute atomic E-state index is 13.5. The van der Waals surface area contributed by atoms with Gasteiger partial charge in [-0.05, 0) is 32.9 Å². The van der Waals surface area contributed by atoms with E-state index < -0.39 is 17.8 Å². The highest BCUT2D eigenvalue weighted by Gasteiger charge is 2.35. The number of carbonyl (C=O) groups is 2. The van der Waals surface area contributed by atoms with Gasteiger partial charge in [-0.1, -0.05) is 18.2 Å². The summed E-state index contributed by atoms with van der Waals surface area (Å²) < 4.78 is 13.5. The lowest BCUT2D eigenvalue weighted by atomic mass is 10.1. The standard InChI is InChI=1S/C21H26FN7O2/c1-14-19(27-29(26-14)16-7-5-4-6-8-16)20(31)24-13-21(2,3)25-11-18(30)28-12-15(22)9-17(28)10-23/h4-8,15,17,25H,9,11-13H2,1-3H3,(H,24,31)/t15-,17-/m0/s1. The molecule has 0 aliphatic carbocycles. The van der Waals surface area contributed by atoms with E-state index in [9.17, 15) is 14.0 Å². The molecule has 164 valence electrons. The average Bonchev–Trinajstić information content (AvgIpc) is 3.33. The number of nitriles is 1. The summed E-state index contributed by atoms with van der Waals surface area (Å²) >= 11 is 0. The number of hydrogen-bond acceptors (Lipinski definition) is 6. The molecule has 2 N–H and O–H groups in total. The molecule has 9 nitrogen and oxygen atoms in total. The van der Waals surface area contributed by atoms with Gasteiger partial charge in [-0.25, -0.2) is 4.39 Å². The number of aromatic nitrogens is 3. The minimum absolute atomic E-state index is 0.0463. The Morgan fingerprint density at radius 1 is 1.29 bits per heavy atom. The predicted molar refractivity (Wildman–Crippen MR) is 111 cm³/mol. The Morgan fingerprint density at radius 3 is 2.68 bits per heavy atom. The van der Waals surface area contributed by atoms with E-state index in [0.717, 1.165) is 5.69 Å². The zero-order valence-electron chi connectivity index (χ0n) is 17.8. The smallest absolute Gasteiger partial charge is 0.273 e. The van der Waals surface area contributed by atoms with Crippen molar-refractivity contribution < 1.29 is 14.0 Å². The molecule has 1 aliphatic rings. The van der Waals surface area contributed by atoms with Crippen molar-refractivity contribution in [2.24, 2.45) is 0 Å². The second kappa shape index (κ2) is 9.22. The molecular formula is C21H26FN7O2. The van der Waals surface area contributed by atoms with Crippen LogP contribution in [0.1, 0.15) is 36.5 Å². The van der Waals surface area contributed by atoms with E-state index in [1.165, 1.54) is 9.70 Å². The van der Waals surface area contributed by atoms with E-state index in [1.54, 1.807) is 6.92 Å². The van der Waals surface area contributed by atoms with E-state index in [2.05, 4.69) is 20.8 Å². The lowest BCUT2D eigenvalue weighted by Gasteiger charge is -2.28. The van der Waals surface area contributed by atoms with Gasteiger partial charge in [-0.2, -0.15) is 15.2 Å². The lowest BCUT2D eigenvalue weighted by molar-refractivity contribution is -0.130.